The van der Waals surface area contributed by atoms with Crippen molar-refractivity contribution < 1.29 is 0 Å². The number of thioether (sulfide) groups is 1. The normalized spacial score (nSPS) is 11.4. The quantitative estimate of drug-likeness (QED) is 0.861. The van der Waals surface area contributed by atoms with Gasteiger partial charge in [-0.1, -0.05) is 13.8 Å². The van der Waals surface area contributed by atoms with Gasteiger partial charge in [0.15, 0.2) is 5.65 Å². The summed E-state index contributed by atoms with van der Waals surface area (Å²) in [5.74, 6) is 0.786. The second kappa shape index (κ2) is 4.10. The summed E-state index contributed by atoms with van der Waals surface area (Å²) in [5, 5.41) is 3.37. The van der Waals surface area contributed by atoms with Gasteiger partial charge in [0.2, 0.25) is 0 Å². The predicted molar refractivity (Wildman–Crippen MR) is 62.2 cm³/mol. The molecule has 0 unspecified atom stereocenters. The summed E-state index contributed by atoms with van der Waals surface area (Å²) in [4.78, 5) is 16.0. The molecule has 0 saturated carbocycles. The molecule has 0 aliphatic rings. The minimum atomic E-state index is -0.0515. The fraction of sp³-hybridized carbons (Fsp3) is 0.400. The molecule has 0 aliphatic heterocycles. The highest BCUT2D eigenvalue weighted by atomic mass is 32.2. The van der Waals surface area contributed by atoms with E-state index in [1.165, 1.54) is 4.52 Å². The van der Waals surface area contributed by atoms with E-state index in [9.17, 15) is 4.79 Å². The van der Waals surface area contributed by atoms with E-state index < -0.39 is 0 Å². The molecule has 2 rings (SSSR count). The van der Waals surface area contributed by atoms with Crippen LogP contribution in [0.3, 0.4) is 0 Å². The topological polar surface area (TPSA) is 50.2 Å². The van der Waals surface area contributed by atoms with Crippen LogP contribution >= 0.6 is 11.8 Å². The number of aromatic nitrogens is 3. The van der Waals surface area contributed by atoms with Gasteiger partial charge in [-0.05, 0) is 5.25 Å². The minimum Gasteiger partial charge on any atom is -0.297 e. The number of hydrogen-bond donors (Lipinski definition) is 1. The number of hydrogen-bond acceptors (Lipinski definition) is 3. The van der Waals surface area contributed by atoms with Crippen LogP contribution in [-0.4, -0.2) is 19.8 Å². The maximum atomic E-state index is 11.6. The fourth-order valence-corrected chi connectivity index (χ4v) is 1.96. The van der Waals surface area contributed by atoms with Gasteiger partial charge in [-0.2, -0.15) is 11.8 Å². The molecule has 0 amide bonds. The maximum Gasteiger partial charge on any atom is 0.272 e. The van der Waals surface area contributed by atoms with Crippen LogP contribution in [0.4, 0.5) is 0 Å². The van der Waals surface area contributed by atoms with E-state index in [0.29, 0.717) is 10.9 Å². The second-order valence-electron chi connectivity index (χ2n) is 3.60. The molecule has 1 N–H and O–H groups in total. The largest absolute Gasteiger partial charge is 0.297 e. The lowest BCUT2D eigenvalue weighted by Crippen LogP contribution is -2.15. The Hall–Kier alpha value is -1.23. The lowest BCUT2D eigenvalue weighted by molar-refractivity contribution is 0.888. The van der Waals surface area contributed by atoms with Gasteiger partial charge in [0, 0.05) is 24.1 Å². The third-order valence-corrected chi connectivity index (χ3v) is 3.13. The van der Waals surface area contributed by atoms with Gasteiger partial charge in [-0.25, -0.2) is 9.50 Å². The van der Waals surface area contributed by atoms with Crippen molar-refractivity contribution in [1.29, 1.82) is 0 Å². The minimum absolute atomic E-state index is 0.0515. The summed E-state index contributed by atoms with van der Waals surface area (Å²) in [6, 6.07) is 3.38. The van der Waals surface area contributed by atoms with Gasteiger partial charge < -0.3 is 0 Å². The zero-order valence-electron chi connectivity index (χ0n) is 8.73. The third-order valence-electron chi connectivity index (χ3n) is 2.00. The average molecular weight is 223 g/mol. The molecule has 2 aromatic heterocycles. The molecule has 80 valence electrons. The summed E-state index contributed by atoms with van der Waals surface area (Å²) in [6.45, 7) is 4.26. The van der Waals surface area contributed by atoms with E-state index in [2.05, 4.69) is 23.9 Å². The number of nitrogens with one attached hydrogen (secondary N) is 1. The molecule has 0 spiro atoms. The average Bonchev–Trinajstić information content (AvgIpc) is 2.63. The highest BCUT2D eigenvalue weighted by molar-refractivity contribution is 7.99. The number of aromatic amines is 1. The molecule has 0 aliphatic carbocycles. The zero-order valence-corrected chi connectivity index (χ0v) is 9.54. The summed E-state index contributed by atoms with van der Waals surface area (Å²) in [6.07, 6.45) is 1.71. The smallest absolute Gasteiger partial charge is 0.272 e. The van der Waals surface area contributed by atoms with Gasteiger partial charge in [0.25, 0.3) is 5.56 Å². The molecule has 15 heavy (non-hydrogen) atoms. The molecule has 0 bridgehead atoms. The predicted octanol–water partition coefficient (Wildman–Crippen LogP) is 1.66. The summed E-state index contributed by atoms with van der Waals surface area (Å²) < 4.78 is 1.43. The Morgan fingerprint density at radius 2 is 2.40 bits per heavy atom. The molecule has 4 nitrogen and oxygen atoms in total. The van der Waals surface area contributed by atoms with E-state index in [1.54, 1.807) is 30.1 Å². The monoisotopic (exact) mass is 223 g/mol. The van der Waals surface area contributed by atoms with Crippen LogP contribution in [0.5, 0.6) is 0 Å². The Balaban J connectivity index is 2.33. The third kappa shape index (κ3) is 2.23. The number of nitrogens with zero attached hydrogens (tertiary/aromatic N) is 2. The highest BCUT2D eigenvalue weighted by Crippen LogP contribution is 2.14. The molecule has 0 fully saturated rings. The van der Waals surface area contributed by atoms with Gasteiger partial charge in [-0.15, -0.1) is 0 Å². The Morgan fingerprint density at radius 1 is 1.60 bits per heavy atom. The van der Waals surface area contributed by atoms with Crippen molar-refractivity contribution in [2.75, 3.05) is 0 Å². The standard InChI is InChI=1S/C10H13N3OS/c1-7(2)15-6-8-5-10(14)13-9(12-8)3-4-11-13/h3-5,7,11H,6H2,1-2H3. The summed E-state index contributed by atoms with van der Waals surface area (Å²) in [5.41, 5.74) is 1.48. The first-order valence-corrected chi connectivity index (χ1v) is 5.89. The Labute approximate surface area is 91.7 Å². The molecule has 0 aromatic carbocycles. The van der Waals surface area contributed by atoms with Gasteiger partial charge in [0.05, 0.1) is 5.69 Å². The maximum absolute atomic E-state index is 11.6. The molecule has 5 heteroatoms. The van der Waals surface area contributed by atoms with Gasteiger partial charge >= 0.3 is 0 Å². The van der Waals surface area contributed by atoms with E-state index in [0.717, 1.165) is 11.4 Å². The van der Waals surface area contributed by atoms with Crippen molar-refractivity contribution in [2.45, 2.75) is 24.9 Å². The number of H-pyrrole nitrogens is 1. The van der Waals surface area contributed by atoms with Crippen LogP contribution in [0, 0.1) is 0 Å². The van der Waals surface area contributed by atoms with Crippen molar-refractivity contribution in [3.05, 3.63) is 34.4 Å². The van der Waals surface area contributed by atoms with Gasteiger partial charge in [-0.3, -0.25) is 9.89 Å². The first-order chi connectivity index (χ1) is 7.16. The fourth-order valence-electron chi connectivity index (χ4n) is 1.30. The zero-order chi connectivity index (χ0) is 10.8. The van der Waals surface area contributed by atoms with Crippen molar-refractivity contribution in [2.24, 2.45) is 0 Å². The van der Waals surface area contributed by atoms with Crippen molar-refractivity contribution in [3.8, 4) is 0 Å². The van der Waals surface area contributed by atoms with E-state index in [4.69, 9.17) is 0 Å². The van der Waals surface area contributed by atoms with Crippen LogP contribution in [0.1, 0.15) is 19.5 Å². The van der Waals surface area contributed by atoms with Crippen LogP contribution in [0.15, 0.2) is 23.1 Å². The lowest BCUT2D eigenvalue weighted by atomic mass is 10.4. The first-order valence-electron chi connectivity index (χ1n) is 4.84. The van der Waals surface area contributed by atoms with E-state index >= 15 is 0 Å². The molecule has 0 radical (unpaired) electrons. The Morgan fingerprint density at radius 3 is 3.13 bits per heavy atom. The summed E-state index contributed by atoms with van der Waals surface area (Å²) in [7, 11) is 0. The molecular weight excluding hydrogens is 210 g/mol. The van der Waals surface area contributed by atoms with E-state index in [-0.39, 0.29) is 5.56 Å². The highest BCUT2D eigenvalue weighted by Gasteiger charge is 2.03. The van der Waals surface area contributed by atoms with Gasteiger partial charge in [0.1, 0.15) is 0 Å². The number of rotatable bonds is 3. The number of fused-ring (bicyclic) bond motifs is 1. The molecule has 0 saturated heterocycles. The molecule has 2 aromatic rings. The van der Waals surface area contributed by atoms with Crippen molar-refractivity contribution in [3.63, 3.8) is 0 Å². The molecule has 0 atom stereocenters. The van der Waals surface area contributed by atoms with Crippen molar-refractivity contribution in [1.82, 2.24) is 14.6 Å². The second-order valence-corrected chi connectivity index (χ2v) is 5.17. The van der Waals surface area contributed by atoms with Crippen LogP contribution < -0.4 is 5.56 Å². The molecule has 2 heterocycles. The summed E-state index contributed by atoms with van der Waals surface area (Å²) >= 11 is 1.78. The SMILES string of the molecule is CC(C)SCc1cc(=O)n2[nH]ccc2n1. The Bertz CT molecular complexity index is 515. The van der Waals surface area contributed by atoms with Crippen LogP contribution in [-0.2, 0) is 5.75 Å². The van der Waals surface area contributed by atoms with Crippen LogP contribution in [0.2, 0.25) is 0 Å². The first kappa shape index (κ1) is 10.3. The molecular formula is C10H13N3OS. The van der Waals surface area contributed by atoms with Crippen LogP contribution in [0.25, 0.3) is 5.65 Å². The van der Waals surface area contributed by atoms with E-state index in [1.807, 2.05) is 0 Å². The Kier molecular flexibility index (Phi) is 2.81. The van der Waals surface area contributed by atoms with Crippen molar-refractivity contribution >= 4 is 17.4 Å². The lowest BCUT2D eigenvalue weighted by Gasteiger charge is -2.03.